The van der Waals surface area contributed by atoms with Crippen LogP contribution in [-0.2, 0) is 14.3 Å². The van der Waals surface area contributed by atoms with Crippen LogP contribution in [-0.4, -0.2) is 29.5 Å². The second-order valence-electron chi connectivity index (χ2n) is 5.65. The maximum absolute atomic E-state index is 13.6. The standard InChI is InChI=1S/C18H12ClF2NO4S/c19-9-1-4-15-13(5-9)22-18(25)16(27-15)7-17(24)26-8-14(23)11-3-2-10(20)6-12(11)21/h1-6,16H,7-8H2,(H,22,25)/t16-/m0/s1. The van der Waals surface area contributed by atoms with Gasteiger partial charge in [-0.05, 0) is 30.3 Å². The fourth-order valence-electron chi connectivity index (χ4n) is 2.41. The minimum Gasteiger partial charge on any atom is -0.457 e. The van der Waals surface area contributed by atoms with Crippen LogP contribution in [0, 0.1) is 11.6 Å². The molecule has 1 N–H and O–H groups in total. The molecule has 2 aromatic carbocycles. The van der Waals surface area contributed by atoms with Gasteiger partial charge in [0.15, 0.2) is 6.61 Å². The van der Waals surface area contributed by atoms with Crippen LogP contribution in [0.5, 0.6) is 0 Å². The van der Waals surface area contributed by atoms with E-state index in [-0.39, 0.29) is 17.9 Å². The van der Waals surface area contributed by atoms with Gasteiger partial charge in [0.25, 0.3) is 0 Å². The van der Waals surface area contributed by atoms with Crippen molar-refractivity contribution in [2.75, 3.05) is 11.9 Å². The molecular weight excluding hydrogens is 400 g/mol. The summed E-state index contributed by atoms with van der Waals surface area (Å²) in [7, 11) is 0. The average Bonchev–Trinajstić information content (AvgIpc) is 2.60. The molecule has 1 aliphatic heterocycles. The lowest BCUT2D eigenvalue weighted by Gasteiger charge is -2.23. The van der Waals surface area contributed by atoms with Crippen molar-refractivity contribution in [2.45, 2.75) is 16.6 Å². The van der Waals surface area contributed by atoms with Crippen LogP contribution in [0.4, 0.5) is 14.5 Å². The first-order valence-electron chi connectivity index (χ1n) is 7.74. The topological polar surface area (TPSA) is 72.5 Å². The van der Waals surface area contributed by atoms with E-state index in [1.165, 1.54) is 11.8 Å². The molecular formula is C18H12ClF2NO4S. The van der Waals surface area contributed by atoms with Gasteiger partial charge in [-0.3, -0.25) is 14.4 Å². The number of ketones is 1. The summed E-state index contributed by atoms with van der Waals surface area (Å²) in [6.07, 6.45) is -0.266. The molecule has 27 heavy (non-hydrogen) atoms. The fourth-order valence-corrected chi connectivity index (χ4v) is 3.65. The maximum atomic E-state index is 13.6. The number of anilines is 1. The Hall–Kier alpha value is -2.45. The molecule has 0 aromatic heterocycles. The Morgan fingerprint density at radius 3 is 2.70 bits per heavy atom. The molecule has 9 heteroatoms. The third-order valence-electron chi connectivity index (χ3n) is 3.71. The number of carbonyl (C=O) groups excluding carboxylic acids is 3. The first-order chi connectivity index (χ1) is 12.8. The van der Waals surface area contributed by atoms with Crippen molar-refractivity contribution in [3.05, 3.63) is 58.6 Å². The quantitative estimate of drug-likeness (QED) is 0.597. The molecule has 1 atom stereocenters. The van der Waals surface area contributed by atoms with E-state index in [0.29, 0.717) is 16.8 Å². The predicted octanol–water partition coefficient (Wildman–Crippen LogP) is 3.85. The number of ether oxygens (including phenoxy) is 1. The lowest BCUT2D eigenvalue weighted by molar-refractivity contribution is -0.143. The minimum atomic E-state index is -1.03. The van der Waals surface area contributed by atoms with Crippen LogP contribution in [0.1, 0.15) is 16.8 Å². The number of hydrogen-bond donors (Lipinski definition) is 1. The highest BCUT2D eigenvalue weighted by Crippen LogP contribution is 2.38. The number of esters is 1. The molecule has 0 bridgehead atoms. The molecule has 1 aliphatic rings. The van der Waals surface area contributed by atoms with Gasteiger partial charge in [-0.15, -0.1) is 11.8 Å². The van der Waals surface area contributed by atoms with Crippen molar-refractivity contribution in [2.24, 2.45) is 0 Å². The third-order valence-corrected chi connectivity index (χ3v) is 5.22. The number of benzene rings is 2. The number of amides is 1. The van der Waals surface area contributed by atoms with Crippen LogP contribution < -0.4 is 5.32 Å². The molecule has 0 saturated heterocycles. The highest BCUT2D eigenvalue weighted by molar-refractivity contribution is 8.01. The smallest absolute Gasteiger partial charge is 0.307 e. The summed E-state index contributed by atoms with van der Waals surface area (Å²) < 4.78 is 31.3. The number of thioether (sulfide) groups is 1. The number of halogens is 3. The van der Waals surface area contributed by atoms with E-state index in [0.717, 1.165) is 17.0 Å². The molecule has 0 unspecified atom stereocenters. The molecule has 0 fully saturated rings. The van der Waals surface area contributed by atoms with Gasteiger partial charge in [-0.25, -0.2) is 8.78 Å². The Morgan fingerprint density at radius 1 is 1.19 bits per heavy atom. The first kappa shape index (κ1) is 19.3. The van der Waals surface area contributed by atoms with Crippen LogP contribution >= 0.6 is 23.4 Å². The monoisotopic (exact) mass is 411 g/mol. The molecule has 5 nitrogen and oxygen atoms in total. The summed E-state index contributed by atoms with van der Waals surface area (Å²) in [6.45, 7) is -0.702. The predicted molar refractivity (Wildman–Crippen MR) is 96.0 cm³/mol. The number of hydrogen-bond acceptors (Lipinski definition) is 5. The number of nitrogens with one attached hydrogen (secondary N) is 1. The summed E-state index contributed by atoms with van der Waals surface area (Å²) in [4.78, 5) is 36.7. The summed E-state index contributed by atoms with van der Waals surface area (Å²) >= 11 is 7.05. The Balaban J connectivity index is 1.57. The second-order valence-corrected chi connectivity index (χ2v) is 7.33. The normalized spacial score (nSPS) is 15.7. The number of carbonyl (C=O) groups is 3. The summed E-state index contributed by atoms with van der Waals surface area (Å²) in [5, 5.41) is 2.39. The van der Waals surface area contributed by atoms with Gasteiger partial charge in [0.05, 0.1) is 22.9 Å². The van der Waals surface area contributed by atoms with Crippen LogP contribution in [0.2, 0.25) is 5.02 Å². The SMILES string of the molecule is O=C(C[C@@H]1Sc2ccc(Cl)cc2NC1=O)OCC(=O)c1ccc(F)cc1F. The number of Topliss-reactive ketones (excluding diaryl/α,β-unsaturated/α-hetero) is 1. The Bertz CT molecular complexity index is 938. The first-order valence-corrected chi connectivity index (χ1v) is 9.00. The fraction of sp³-hybridized carbons (Fsp3) is 0.167. The Labute approximate surface area is 162 Å². The zero-order valence-electron chi connectivity index (χ0n) is 13.6. The van der Waals surface area contributed by atoms with Crippen molar-refractivity contribution in [3.63, 3.8) is 0 Å². The zero-order valence-corrected chi connectivity index (χ0v) is 15.2. The van der Waals surface area contributed by atoms with Gasteiger partial charge >= 0.3 is 5.97 Å². The summed E-state index contributed by atoms with van der Waals surface area (Å²) in [5.41, 5.74) is 0.184. The van der Waals surface area contributed by atoms with Crippen molar-refractivity contribution >= 4 is 46.7 Å². The molecule has 1 amide bonds. The molecule has 0 aliphatic carbocycles. The molecule has 2 aromatic rings. The van der Waals surface area contributed by atoms with Crippen LogP contribution in [0.25, 0.3) is 0 Å². The van der Waals surface area contributed by atoms with Gasteiger partial charge < -0.3 is 10.1 Å². The lowest BCUT2D eigenvalue weighted by Crippen LogP contribution is -2.31. The van der Waals surface area contributed by atoms with Crippen LogP contribution in [0.3, 0.4) is 0 Å². The maximum Gasteiger partial charge on any atom is 0.307 e. The van der Waals surface area contributed by atoms with E-state index in [9.17, 15) is 23.2 Å². The van der Waals surface area contributed by atoms with E-state index in [1.54, 1.807) is 18.2 Å². The van der Waals surface area contributed by atoms with Crippen molar-refractivity contribution in [3.8, 4) is 0 Å². The van der Waals surface area contributed by atoms with Crippen molar-refractivity contribution in [1.82, 2.24) is 0 Å². The highest BCUT2D eigenvalue weighted by atomic mass is 35.5. The second kappa shape index (κ2) is 8.06. The number of rotatable bonds is 5. The Morgan fingerprint density at radius 2 is 1.96 bits per heavy atom. The van der Waals surface area contributed by atoms with Gasteiger partial charge in [0.1, 0.15) is 11.6 Å². The van der Waals surface area contributed by atoms with E-state index in [4.69, 9.17) is 16.3 Å². The molecule has 3 rings (SSSR count). The molecule has 1 heterocycles. The van der Waals surface area contributed by atoms with Crippen LogP contribution in [0.15, 0.2) is 41.3 Å². The molecule has 140 valence electrons. The van der Waals surface area contributed by atoms with E-state index in [2.05, 4.69) is 5.32 Å². The van der Waals surface area contributed by atoms with Gasteiger partial charge in [0, 0.05) is 16.0 Å². The largest absolute Gasteiger partial charge is 0.457 e. The van der Waals surface area contributed by atoms with Gasteiger partial charge in [-0.2, -0.15) is 0 Å². The molecule has 0 saturated carbocycles. The van der Waals surface area contributed by atoms with Crippen molar-refractivity contribution < 1.29 is 27.9 Å². The third kappa shape index (κ3) is 4.64. The van der Waals surface area contributed by atoms with E-state index in [1.807, 2.05) is 0 Å². The zero-order chi connectivity index (χ0) is 19.6. The van der Waals surface area contributed by atoms with E-state index < -0.39 is 35.2 Å². The number of fused-ring (bicyclic) bond motifs is 1. The minimum absolute atomic E-state index is 0.266. The Kier molecular flexibility index (Phi) is 5.76. The summed E-state index contributed by atoms with van der Waals surface area (Å²) in [6, 6.07) is 7.48. The van der Waals surface area contributed by atoms with Crippen molar-refractivity contribution in [1.29, 1.82) is 0 Å². The molecule has 0 radical (unpaired) electrons. The van der Waals surface area contributed by atoms with E-state index >= 15 is 0 Å². The highest BCUT2D eigenvalue weighted by Gasteiger charge is 2.30. The lowest BCUT2D eigenvalue weighted by atomic mass is 10.1. The molecule has 0 spiro atoms. The summed E-state index contributed by atoms with van der Waals surface area (Å²) in [5.74, 6) is -3.82. The average molecular weight is 412 g/mol. The van der Waals surface area contributed by atoms with Gasteiger partial charge in [0.2, 0.25) is 11.7 Å². The van der Waals surface area contributed by atoms with Gasteiger partial charge in [-0.1, -0.05) is 11.6 Å².